The molecular weight excluding hydrogens is 591 g/mol. The van der Waals surface area contributed by atoms with Gasteiger partial charge in [0.15, 0.2) is 12.0 Å². The number of fused-ring (bicyclic) bond motifs is 2. The number of phosphoric ester groups is 1. The van der Waals surface area contributed by atoms with Crippen LogP contribution in [0.2, 0.25) is 0 Å². The van der Waals surface area contributed by atoms with E-state index in [2.05, 4.69) is 9.84 Å². The summed E-state index contributed by atoms with van der Waals surface area (Å²) in [5.41, 5.74) is -0.416. The predicted molar refractivity (Wildman–Crippen MR) is 133 cm³/mol. The summed E-state index contributed by atoms with van der Waals surface area (Å²) in [5, 5.41) is 13.5. The molecule has 3 aliphatic rings. The van der Waals surface area contributed by atoms with Crippen LogP contribution in [0.1, 0.15) is 18.9 Å². The molecule has 4 N–H and O–H groups in total. The summed E-state index contributed by atoms with van der Waals surface area (Å²) in [6.07, 6.45) is -2.51. The number of amides is 2. The van der Waals surface area contributed by atoms with Gasteiger partial charge in [0.2, 0.25) is 6.79 Å². The molecule has 2 saturated heterocycles. The summed E-state index contributed by atoms with van der Waals surface area (Å²) in [7, 11) is -4.66. The minimum absolute atomic E-state index is 0.0132. The van der Waals surface area contributed by atoms with E-state index in [-0.39, 0.29) is 62.2 Å². The van der Waals surface area contributed by atoms with Gasteiger partial charge in [0.25, 0.3) is 11.8 Å². The molecule has 0 saturated carbocycles. The van der Waals surface area contributed by atoms with Crippen LogP contribution in [0, 0.1) is 11.6 Å². The van der Waals surface area contributed by atoms with Crippen LogP contribution in [-0.2, 0) is 44.2 Å². The molecule has 3 aliphatic heterocycles. The van der Waals surface area contributed by atoms with Crippen LogP contribution in [0.3, 0.4) is 0 Å². The van der Waals surface area contributed by atoms with Crippen molar-refractivity contribution in [3.8, 4) is 0 Å². The Hall–Kier alpha value is -3.60. The Morgan fingerprint density at radius 3 is 2.69 bits per heavy atom. The number of aliphatic hydroxyl groups excluding tert-OH is 1. The van der Waals surface area contributed by atoms with Crippen molar-refractivity contribution in [2.45, 2.75) is 38.3 Å². The van der Waals surface area contributed by atoms with Crippen molar-refractivity contribution in [3.05, 3.63) is 58.6 Å². The second kappa shape index (κ2) is 13.1. The number of ether oxygens (including phenoxy) is 4. The number of phosphoric acid groups is 1. The highest BCUT2D eigenvalue weighted by atomic mass is 31.2. The van der Waals surface area contributed by atoms with Gasteiger partial charge in [-0.25, -0.2) is 18.1 Å². The van der Waals surface area contributed by atoms with Crippen LogP contribution in [0.25, 0.3) is 0 Å². The van der Waals surface area contributed by atoms with E-state index in [0.29, 0.717) is 6.07 Å². The summed E-state index contributed by atoms with van der Waals surface area (Å²) in [6.45, 7) is 0.211. The minimum Gasteiger partial charge on any atom is -0.456 e. The second-order valence-electron chi connectivity index (χ2n) is 9.30. The van der Waals surface area contributed by atoms with Crippen LogP contribution >= 0.6 is 7.82 Å². The maximum Gasteiger partial charge on any atom is 0.511 e. The van der Waals surface area contributed by atoms with Crippen molar-refractivity contribution in [2.24, 2.45) is 0 Å². The molecule has 0 bridgehead atoms. The quantitative estimate of drug-likeness (QED) is 0.116. The lowest BCUT2D eigenvalue weighted by Crippen LogP contribution is -2.55. The highest BCUT2D eigenvalue weighted by molar-refractivity contribution is 7.46. The van der Waals surface area contributed by atoms with Gasteiger partial charge in [-0.1, -0.05) is 6.07 Å². The lowest BCUT2D eigenvalue weighted by Gasteiger charge is -2.42. The number of hydrogen-bond acceptors (Lipinski definition) is 11. The number of hydrogen-bond donors (Lipinski definition) is 4. The van der Waals surface area contributed by atoms with E-state index in [1.165, 1.54) is 16.0 Å². The first-order chi connectivity index (χ1) is 19.9. The average Bonchev–Trinajstić information content (AvgIpc) is 3.28. The molecule has 0 spiro atoms. The van der Waals surface area contributed by atoms with E-state index < -0.39 is 62.3 Å². The van der Waals surface area contributed by atoms with E-state index >= 15 is 0 Å². The average molecular weight is 619 g/mol. The molecule has 1 aromatic carbocycles. The molecule has 2 fully saturated rings. The van der Waals surface area contributed by atoms with Crippen molar-refractivity contribution in [1.29, 1.82) is 0 Å². The molecule has 3 heterocycles. The van der Waals surface area contributed by atoms with Crippen molar-refractivity contribution in [1.82, 2.24) is 15.1 Å². The molecule has 1 aromatic rings. The Kier molecular flexibility index (Phi) is 9.81. The number of carbonyl (C=O) groups excluding carboxylic acids is 3. The maximum atomic E-state index is 14.0. The highest BCUT2D eigenvalue weighted by Gasteiger charge is 2.48. The molecule has 3 atom stereocenters. The lowest BCUT2D eigenvalue weighted by molar-refractivity contribution is -0.141. The second-order valence-corrected chi connectivity index (χ2v) is 10.5. The van der Waals surface area contributed by atoms with Gasteiger partial charge in [0, 0.05) is 30.8 Å². The summed E-state index contributed by atoms with van der Waals surface area (Å²) in [5.74, 6) is -3.49. The summed E-state index contributed by atoms with van der Waals surface area (Å²) in [4.78, 5) is 58.4. The molecule has 0 aliphatic carbocycles. The van der Waals surface area contributed by atoms with Gasteiger partial charge in [-0.3, -0.25) is 14.1 Å². The minimum atomic E-state index is -4.66. The summed E-state index contributed by atoms with van der Waals surface area (Å²) < 4.78 is 62.8. The molecule has 0 aromatic heterocycles. The normalized spacial score (nSPS) is 21.9. The Bertz CT molecular complexity index is 1340. The Morgan fingerprint density at radius 2 is 1.98 bits per heavy atom. The smallest absolute Gasteiger partial charge is 0.456 e. The van der Waals surface area contributed by atoms with Crippen LogP contribution in [-0.4, -0.2) is 94.2 Å². The van der Waals surface area contributed by atoms with Crippen molar-refractivity contribution in [2.75, 3.05) is 33.2 Å². The van der Waals surface area contributed by atoms with Crippen LogP contribution in [0.5, 0.6) is 0 Å². The van der Waals surface area contributed by atoms with E-state index in [4.69, 9.17) is 28.7 Å². The van der Waals surface area contributed by atoms with Crippen LogP contribution in [0.4, 0.5) is 13.6 Å². The largest absolute Gasteiger partial charge is 0.511 e. The molecule has 4 rings (SSSR count). The number of aliphatic hydroxyl groups is 1. The first-order valence-corrected chi connectivity index (χ1v) is 14.1. The topological polar surface area (TPSA) is 194 Å². The Morgan fingerprint density at radius 1 is 1.21 bits per heavy atom. The molecule has 42 heavy (non-hydrogen) atoms. The zero-order valence-electron chi connectivity index (χ0n) is 22.1. The highest BCUT2D eigenvalue weighted by Crippen LogP contribution is 2.36. The van der Waals surface area contributed by atoms with Gasteiger partial charge in [-0.05, 0) is 13.0 Å². The third-order valence-electron chi connectivity index (χ3n) is 6.34. The first-order valence-electron chi connectivity index (χ1n) is 12.5. The van der Waals surface area contributed by atoms with Crippen molar-refractivity contribution < 1.29 is 66.1 Å². The number of nitrogens with one attached hydrogen (secondary N) is 1. The molecular formula is C24H28F2N3O12P. The van der Waals surface area contributed by atoms with Crippen molar-refractivity contribution >= 4 is 25.8 Å². The van der Waals surface area contributed by atoms with Crippen LogP contribution < -0.4 is 5.32 Å². The summed E-state index contributed by atoms with van der Waals surface area (Å²) in [6, 6.07) is 2.54. The van der Waals surface area contributed by atoms with Gasteiger partial charge >= 0.3 is 14.0 Å². The van der Waals surface area contributed by atoms with Gasteiger partial charge in [0.05, 0.1) is 38.0 Å². The predicted octanol–water partition coefficient (Wildman–Crippen LogP) is 0.567. The van der Waals surface area contributed by atoms with Crippen molar-refractivity contribution in [3.63, 3.8) is 0 Å². The third-order valence-corrected chi connectivity index (χ3v) is 6.86. The zero-order valence-corrected chi connectivity index (χ0v) is 23.0. The van der Waals surface area contributed by atoms with E-state index in [9.17, 15) is 32.8 Å². The molecule has 0 radical (unpaired) electrons. The fourth-order valence-electron chi connectivity index (χ4n) is 4.40. The first kappa shape index (κ1) is 31.3. The summed E-state index contributed by atoms with van der Waals surface area (Å²) >= 11 is 0. The molecule has 18 heteroatoms. The van der Waals surface area contributed by atoms with Gasteiger partial charge < -0.3 is 49.0 Å². The number of rotatable bonds is 11. The van der Waals surface area contributed by atoms with Crippen LogP contribution in [0.15, 0.2) is 41.4 Å². The van der Waals surface area contributed by atoms with E-state index in [0.717, 1.165) is 12.1 Å². The number of halogens is 2. The fraction of sp³-hybridized carbons (Fsp3) is 0.458. The zero-order chi connectivity index (χ0) is 30.6. The lowest BCUT2D eigenvalue weighted by atomic mass is 9.99. The Balaban J connectivity index is 1.44. The van der Waals surface area contributed by atoms with E-state index in [1.54, 1.807) is 6.92 Å². The number of carbonyl (C=O) groups is 3. The molecule has 3 unspecified atom stereocenters. The third kappa shape index (κ3) is 7.42. The maximum absolute atomic E-state index is 14.0. The van der Waals surface area contributed by atoms with Gasteiger partial charge in [-0.2, -0.15) is 0 Å². The SMILES string of the molecule is CC1COC2CN3C=C(C(=O)NCc4ccc(F)cc4F)C(O)C(OCOC(=O)OCCCOP(=O)(O)O)=C3C(=O)N12. The number of benzene rings is 1. The number of piperazine rings is 1. The molecule has 2 amide bonds. The standard InChI is InChI=1S/C24H28F2N3O12P/c1-13-11-38-18-10-28-9-16(22(31)27-8-14-3-4-15(25)7-17(14)26)20(30)21(19(28)23(32)29(13)18)39-12-40-24(33)37-5-2-6-41-42(34,35)36/h3-4,7,9,13,18,20,30H,2,5-6,8,10-12H2,1H3,(H,27,31)(H2,34,35,36). The number of nitrogens with zero attached hydrogens (tertiary/aromatic N) is 2. The Labute approximate surface area is 237 Å². The molecule has 15 nitrogen and oxygen atoms in total. The molecule has 230 valence electrons. The van der Waals surface area contributed by atoms with Gasteiger partial charge in [0.1, 0.15) is 23.4 Å². The fourth-order valence-corrected chi connectivity index (χ4v) is 4.76. The monoisotopic (exact) mass is 619 g/mol. The van der Waals surface area contributed by atoms with E-state index in [1.807, 2.05) is 0 Å². The van der Waals surface area contributed by atoms with Gasteiger partial charge in [-0.15, -0.1) is 0 Å².